The Bertz CT molecular complexity index is 421. The summed E-state index contributed by atoms with van der Waals surface area (Å²) in [4.78, 5) is 73.7. The van der Waals surface area contributed by atoms with Crippen LogP contribution in [0.1, 0.15) is 0 Å². The quantitative estimate of drug-likeness (QED) is 0.166. The predicted molar refractivity (Wildman–Crippen MR) is 69.5 cm³/mol. The average molecular weight is 600 g/mol. The van der Waals surface area contributed by atoms with Crippen molar-refractivity contribution in [1.82, 2.24) is 0 Å². The first kappa shape index (κ1) is 76.8. The summed E-state index contributed by atoms with van der Waals surface area (Å²) in [5.41, 5.74) is 0. The van der Waals surface area contributed by atoms with E-state index in [2.05, 4.69) is 50.5 Å². The van der Waals surface area contributed by atoms with Crippen LogP contribution in [0, 0.1) is 0 Å². The normalized spacial score (nSPS) is 5.50. The van der Waals surface area contributed by atoms with E-state index in [1.165, 1.54) is 0 Å². The minimum atomic E-state index is -1.81. The Balaban J connectivity index is -0.0000000154. The van der Waals surface area contributed by atoms with E-state index in [0.717, 1.165) is 0 Å². The number of carbonyl (C=O) groups is 8. The van der Waals surface area contributed by atoms with E-state index in [-0.39, 0.29) is 236 Å². The Morgan fingerprint density at radius 3 is 0.344 bits per heavy atom. The third kappa shape index (κ3) is 91.4. The van der Waals surface area contributed by atoms with E-state index in [1.54, 1.807) is 0 Å². The second-order valence-corrected chi connectivity index (χ2v) is 3.78. The van der Waals surface area contributed by atoms with Crippen LogP contribution < -0.4 is 257 Å². The van der Waals surface area contributed by atoms with Gasteiger partial charge in [-0.1, -0.05) is 0 Å². The average Bonchev–Trinajstić information content (AvgIpc) is 2.40. The monoisotopic (exact) mass is 600 g/mol. The smallest absolute Gasteiger partial charge is 0.736 e. The molecule has 0 aromatic heterocycles. The van der Waals surface area contributed by atoms with Crippen molar-refractivity contribution in [1.29, 1.82) is 0 Å². The summed E-state index contributed by atoms with van der Waals surface area (Å²) in [6.07, 6.45) is 0. The number of aliphatic carboxylic acids is 4. The Morgan fingerprint density at radius 1 is 0.312 bits per heavy atom. The molecule has 0 amide bonds. The zero-order chi connectivity index (χ0) is 20.6. The molecule has 0 aromatic carbocycles. The number of carboxylic acid groups (broad SMARTS) is 4. The second kappa shape index (κ2) is 52.8. The molecule has 0 aliphatic heterocycles. The van der Waals surface area contributed by atoms with Gasteiger partial charge in [-0.05, 0) is 0 Å². The SMILES string of the molecule is O=C([O-])C(=O)[S-].O=C([O-])C(=O)[S-].O=C([O-])C(=O)[S-].O=C([O-])C(=O)[S-].[Na+].[Na+].[Na+].[Na+].[Na+].[Na+].[Na+].[Na+]. The molecule has 0 spiro atoms. The number of carbonyl (C=O) groups excluding carboxylic acids is 8. The zero-order valence-corrected chi connectivity index (χ0v) is 37.8. The Morgan fingerprint density at radius 2 is 0.344 bits per heavy atom. The summed E-state index contributed by atoms with van der Waals surface area (Å²) in [6, 6.07) is 0. The Kier molecular flexibility index (Phi) is 127. The van der Waals surface area contributed by atoms with Gasteiger partial charge in [0, 0.05) is 0 Å². The van der Waals surface area contributed by atoms with E-state index >= 15 is 0 Å². The standard InChI is InChI=1S/4C2H2O3S.8Na/c4*3-1(4)2(5)6;;;;;;;;/h4*(H,3,4)(H,5,6);;;;;;;;/q;;;;8*+1/p-8. The molecule has 0 heterocycles. The molecule has 0 atom stereocenters. The maximum absolute atomic E-state index is 9.30. The molecule has 32 heavy (non-hydrogen) atoms. The van der Waals surface area contributed by atoms with E-state index < -0.39 is 44.3 Å². The maximum atomic E-state index is 9.30. The van der Waals surface area contributed by atoms with E-state index in [1.807, 2.05) is 0 Å². The second-order valence-electron chi connectivity index (χ2n) is 2.30. The summed E-state index contributed by atoms with van der Waals surface area (Å²) in [5.74, 6) is -7.26. The van der Waals surface area contributed by atoms with Gasteiger partial charge in [0.15, 0.2) is 0 Å². The van der Waals surface area contributed by atoms with Crippen molar-refractivity contribution in [2.24, 2.45) is 0 Å². The van der Waals surface area contributed by atoms with Crippen molar-refractivity contribution in [3.8, 4) is 0 Å². The van der Waals surface area contributed by atoms with Crippen LogP contribution >= 0.6 is 0 Å². The molecule has 12 nitrogen and oxygen atoms in total. The van der Waals surface area contributed by atoms with Crippen molar-refractivity contribution in [2.45, 2.75) is 0 Å². The van der Waals surface area contributed by atoms with Gasteiger partial charge >= 0.3 is 236 Å². The van der Waals surface area contributed by atoms with Crippen molar-refractivity contribution >= 4 is 94.9 Å². The summed E-state index contributed by atoms with van der Waals surface area (Å²) >= 11 is 14.4. The number of hydrogen-bond donors (Lipinski definition) is 0. The summed E-state index contributed by atoms with van der Waals surface area (Å²) in [6.45, 7) is 0. The number of carboxylic acids is 4. The van der Waals surface area contributed by atoms with Crippen LogP contribution in [0.3, 0.4) is 0 Å². The van der Waals surface area contributed by atoms with Crippen molar-refractivity contribution in [2.75, 3.05) is 0 Å². The summed E-state index contributed by atoms with van der Waals surface area (Å²) in [5, 5.41) is 31.1. The van der Waals surface area contributed by atoms with Crippen LogP contribution in [0.4, 0.5) is 0 Å². The van der Waals surface area contributed by atoms with Crippen LogP contribution in [0.2, 0.25) is 0 Å². The molecule has 0 unspecified atom stereocenters. The van der Waals surface area contributed by atoms with E-state index in [9.17, 15) is 19.2 Å². The minimum Gasteiger partial charge on any atom is -0.736 e. The van der Waals surface area contributed by atoms with Crippen LogP contribution in [-0.4, -0.2) is 44.3 Å². The molecule has 0 bridgehead atoms. The first-order valence-electron chi connectivity index (χ1n) is 4.27. The number of rotatable bonds is 4. The first-order valence-corrected chi connectivity index (χ1v) is 5.90. The topological polar surface area (TPSA) is 229 Å². The molecule has 0 aliphatic rings. The molecular formula is C8Na8O12S4. The molecule has 0 rings (SSSR count). The van der Waals surface area contributed by atoms with Crippen molar-refractivity contribution < 1.29 is 295 Å². The van der Waals surface area contributed by atoms with Gasteiger partial charge in [-0.2, -0.15) is 0 Å². The van der Waals surface area contributed by atoms with E-state index in [4.69, 9.17) is 39.6 Å². The molecular weight excluding hydrogens is 600 g/mol. The molecule has 0 fully saturated rings. The third-order valence-electron chi connectivity index (χ3n) is 0.667. The van der Waals surface area contributed by atoms with Gasteiger partial charge in [0.05, 0.1) is 44.3 Å². The fraction of sp³-hybridized carbons (Fsp3) is 0. The predicted octanol–water partition coefficient (Wildman–Crippen LogP) is -32.7. The fourth-order valence-electron chi connectivity index (χ4n) is 0. The van der Waals surface area contributed by atoms with Crippen LogP contribution in [0.25, 0.3) is 0 Å². The van der Waals surface area contributed by atoms with E-state index in [0.29, 0.717) is 0 Å². The Hall–Kier alpha value is 5.44. The molecule has 0 saturated carbocycles. The summed E-state index contributed by atoms with van der Waals surface area (Å²) < 4.78 is 0. The third-order valence-corrected chi connectivity index (χ3v) is 1.33. The first-order chi connectivity index (χ1) is 10.6. The maximum Gasteiger partial charge on any atom is 1.00 e. The molecule has 0 aromatic rings. The van der Waals surface area contributed by atoms with Crippen LogP contribution in [0.5, 0.6) is 0 Å². The molecule has 136 valence electrons. The van der Waals surface area contributed by atoms with Gasteiger partial charge in [-0.15, -0.1) is 0 Å². The summed E-state index contributed by atoms with van der Waals surface area (Å²) in [7, 11) is 0. The van der Waals surface area contributed by atoms with Crippen LogP contribution in [0.15, 0.2) is 0 Å². The van der Waals surface area contributed by atoms with Gasteiger partial charge in [0.2, 0.25) is 0 Å². The largest absolute Gasteiger partial charge is 1.00 e. The number of hydrogen-bond acceptors (Lipinski definition) is 16. The molecule has 0 radical (unpaired) electrons. The molecule has 0 saturated heterocycles. The minimum absolute atomic E-state index is 0. The zero-order valence-electron chi connectivity index (χ0n) is 18.5. The fourth-order valence-corrected chi connectivity index (χ4v) is 0. The Labute approximate surface area is 381 Å². The molecule has 0 N–H and O–H groups in total. The van der Waals surface area contributed by atoms with Crippen LogP contribution in [-0.2, 0) is 88.9 Å². The van der Waals surface area contributed by atoms with Gasteiger partial charge in [0.25, 0.3) is 0 Å². The van der Waals surface area contributed by atoms with Crippen molar-refractivity contribution in [3.05, 3.63) is 0 Å². The molecule has 0 aliphatic carbocycles. The van der Waals surface area contributed by atoms with Gasteiger partial charge in [-0.25, -0.2) is 0 Å². The van der Waals surface area contributed by atoms with Gasteiger partial charge in [-0.3, -0.25) is 0 Å². The van der Waals surface area contributed by atoms with Gasteiger partial charge < -0.3 is 109 Å². The van der Waals surface area contributed by atoms with Gasteiger partial charge in [0.1, 0.15) is 0 Å². The molecule has 24 heteroatoms. The van der Waals surface area contributed by atoms with Crippen molar-refractivity contribution in [3.63, 3.8) is 0 Å².